The average Bonchev–Trinajstić information content (AvgIpc) is 2.91. The van der Waals surface area contributed by atoms with Crippen molar-refractivity contribution in [3.8, 4) is 0 Å². The van der Waals surface area contributed by atoms with Crippen LogP contribution in [0.3, 0.4) is 0 Å². The Hall–Kier alpha value is -1.60. The monoisotopic (exact) mass is 281 g/mol. The summed E-state index contributed by atoms with van der Waals surface area (Å²) < 4.78 is 7.21. The van der Waals surface area contributed by atoms with Crippen molar-refractivity contribution in [2.75, 3.05) is 18.1 Å². The first-order valence-corrected chi connectivity index (χ1v) is 7.03. The molecule has 2 unspecified atom stereocenters. The zero-order valence-corrected chi connectivity index (χ0v) is 11.6. The second-order valence-corrected chi connectivity index (χ2v) is 5.66. The molecule has 7 heteroatoms. The second kappa shape index (κ2) is 4.50. The molecule has 0 saturated carbocycles. The Kier molecular flexibility index (Phi) is 2.94. The maximum absolute atomic E-state index is 11.5. The van der Waals surface area contributed by atoms with E-state index in [2.05, 4.69) is 4.98 Å². The number of imidazole rings is 1. The Balaban J connectivity index is 2.10. The molecule has 0 radical (unpaired) electrons. The number of anilines is 1. The minimum Gasteiger partial charge on any atom is -0.476 e. The van der Waals surface area contributed by atoms with Crippen LogP contribution in [0.4, 0.5) is 5.82 Å². The first-order chi connectivity index (χ1) is 9.08. The molecule has 6 nitrogen and oxygen atoms in total. The van der Waals surface area contributed by atoms with E-state index in [0.717, 1.165) is 0 Å². The summed E-state index contributed by atoms with van der Waals surface area (Å²) in [4.78, 5) is 18.7. The molecule has 1 aliphatic rings. The number of fused-ring (bicyclic) bond motifs is 1. The van der Waals surface area contributed by atoms with Gasteiger partial charge in [0.05, 0.1) is 18.8 Å². The number of aromatic carboxylic acids is 1. The van der Waals surface area contributed by atoms with Gasteiger partial charge in [0.25, 0.3) is 0 Å². The van der Waals surface area contributed by atoms with Gasteiger partial charge < -0.3 is 14.7 Å². The normalized spacial score (nSPS) is 24.0. The molecule has 2 atom stereocenters. The lowest BCUT2D eigenvalue weighted by atomic mass is 10.2. The number of carboxylic acid groups (broad SMARTS) is 1. The van der Waals surface area contributed by atoms with Crippen molar-refractivity contribution in [2.24, 2.45) is 0 Å². The molecule has 2 aromatic heterocycles. The summed E-state index contributed by atoms with van der Waals surface area (Å²) in [5.41, 5.74) is 0.234. The van der Waals surface area contributed by atoms with E-state index >= 15 is 0 Å². The fourth-order valence-electron chi connectivity index (χ4n) is 2.37. The van der Waals surface area contributed by atoms with Gasteiger partial charge in [0.2, 0.25) is 0 Å². The highest BCUT2D eigenvalue weighted by molar-refractivity contribution is 7.15. The van der Waals surface area contributed by atoms with Crippen LogP contribution >= 0.6 is 11.3 Å². The van der Waals surface area contributed by atoms with E-state index in [1.165, 1.54) is 11.3 Å². The number of hydrogen-bond donors (Lipinski definition) is 1. The minimum atomic E-state index is -0.952. The summed E-state index contributed by atoms with van der Waals surface area (Å²) in [7, 11) is 0. The zero-order chi connectivity index (χ0) is 13.6. The van der Waals surface area contributed by atoms with Gasteiger partial charge in [0.15, 0.2) is 16.5 Å². The van der Waals surface area contributed by atoms with Crippen molar-refractivity contribution in [3.63, 3.8) is 0 Å². The molecule has 3 heterocycles. The van der Waals surface area contributed by atoms with E-state index in [4.69, 9.17) is 4.74 Å². The van der Waals surface area contributed by atoms with Gasteiger partial charge in [-0.3, -0.25) is 4.40 Å². The first kappa shape index (κ1) is 12.4. The van der Waals surface area contributed by atoms with Gasteiger partial charge >= 0.3 is 5.97 Å². The number of ether oxygens (including phenoxy) is 1. The van der Waals surface area contributed by atoms with Gasteiger partial charge in [-0.1, -0.05) is 0 Å². The van der Waals surface area contributed by atoms with E-state index in [0.29, 0.717) is 23.9 Å². The molecule has 1 aliphatic heterocycles. The van der Waals surface area contributed by atoms with Crippen molar-refractivity contribution in [3.05, 3.63) is 17.3 Å². The Morgan fingerprint density at radius 1 is 1.58 bits per heavy atom. The quantitative estimate of drug-likeness (QED) is 0.907. The highest BCUT2D eigenvalue weighted by atomic mass is 32.1. The highest BCUT2D eigenvalue weighted by Crippen LogP contribution is 2.28. The fraction of sp³-hybridized carbons (Fsp3) is 0.500. The lowest BCUT2D eigenvalue weighted by molar-refractivity contribution is 0.0338. The second-order valence-electron chi connectivity index (χ2n) is 4.79. The number of carboxylic acids is 1. The molecule has 2 aromatic rings. The van der Waals surface area contributed by atoms with Gasteiger partial charge in [-0.25, -0.2) is 9.78 Å². The molecule has 102 valence electrons. The standard InChI is InChI=1S/C12H15N3O3S/c1-7-6-18-8(2)5-15(7)10-9(11(16)17)14-3-4-19-12(14)13-10/h3-4,7-8H,5-6H2,1-2H3,(H,16,17). The van der Waals surface area contributed by atoms with Gasteiger partial charge in [0, 0.05) is 18.1 Å². The lowest BCUT2D eigenvalue weighted by Crippen LogP contribution is -2.48. The highest BCUT2D eigenvalue weighted by Gasteiger charge is 2.30. The summed E-state index contributed by atoms with van der Waals surface area (Å²) >= 11 is 1.44. The number of rotatable bonds is 2. The van der Waals surface area contributed by atoms with E-state index < -0.39 is 5.97 Å². The molecule has 0 aliphatic carbocycles. The lowest BCUT2D eigenvalue weighted by Gasteiger charge is -2.37. The number of morpholine rings is 1. The fourth-order valence-corrected chi connectivity index (χ4v) is 3.08. The van der Waals surface area contributed by atoms with E-state index in [1.807, 2.05) is 24.1 Å². The van der Waals surface area contributed by atoms with Crippen molar-refractivity contribution in [1.82, 2.24) is 9.38 Å². The van der Waals surface area contributed by atoms with Gasteiger partial charge in [-0.15, -0.1) is 11.3 Å². The van der Waals surface area contributed by atoms with Crippen LogP contribution < -0.4 is 4.90 Å². The molecular weight excluding hydrogens is 266 g/mol. The van der Waals surface area contributed by atoms with Crippen molar-refractivity contribution in [2.45, 2.75) is 26.0 Å². The zero-order valence-electron chi connectivity index (χ0n) is 10.7. The largest absolute Gasteiger partial charge is 0.476 e. The molecular formula is C12H15N3O3S. The van der Waals surface area contributed by atoms with Crippen LogP contribution in [0.25, 0.3) is 4.96 Å². The molecule has 1 N–H and O–H groups in total. The van der Waals surface area contributed by atoms with Gasteiger partial charge in [-0.05, 0) is 13.8 Å². The maximum atomic E-state index is 11.5. The average molecular weight is 281 g/mol. The molecule has 1 saturated heterocycles. The third kappa shape index (κ3) is 1.98. The van der Waals surface area contributed by atoms with Crippen LogP contribution in [0.2, 0.25) is 0 Å². The number of hydrogen-bond acceptors (Lipinski definition) is 5. The molecule has 3 rings (SSSR count). The molecule has 1 fully saturated rings. The molecule has 0 aromatic carbocycles. The minimum absolute atomic E-state index is 0.0811. The maximum Gasteiger partial charge on any atom is 0.356 e. The number of nitrogens with zero attached hydrogens (tertiary/aromatic N) is 3. The Bertz CT molecular complexity index is 621. The van der Waals surface area contributed by atoms with Crippen molar-refractivity contribution in [1.29, 1.82) is 0 Å². The Morgan fingerprint density at radius 2 is 2.37 bits per heavy atom. The summed E-state index contributed by atoms with van der Waals surface area (Å²) in [6, 6.07) is 0.124. The van der Waals surface area contributed by atoms with E-state index in [1.54, 1.807) is 10.6 Å². The van der Waals surface area contributed by atoms with Crippen molar-refractivity contribution < 1.29 is 14.6 Å². The van der Waals surface area contributed by atoms with Gasteiger partial charge in [-0.2, -0.15) is 0 Å². The Morgan fingerprint density at radius 3 is 3.11 bits per heavy atom. The smallest absolute Gasteiger partial charge is 0.356 e. The number of aromatic nitrogens is 2. The Labute approximate surface area is 114 Å². The third-order valence-corrected chi connectivity index (χ3v) is 4.08. The topological polar surface area (TPSA) is 67.1 Å². The summed E-state index contributed by atoms with van der Waals surface area (Å²) in [5, 5.41) is 11.3. The van der Waals surface area contributed by atoms with Crippen LogP contribution in [-0.2, 0) is 4.74 Å². The number of thiazole rings is 1. The predicted molar refractivity (Wildman–Crippen MR) is 72.3 cm³/mol. The molecule has 0 amide bonds. The third-order valence-electron chi connectivity index (χ3n) is 3.33. The molecule has 0 bridgehead atoms. The predicted octanol–water partition coefficient (Wildman–Crippen LogP) is 1.71. The van der Waals surface area contributed by atoms with Crippen molar-refractivity contribution >= 4 is 28.1 Å². The van der Waals surface area contributed by atoms with E-state index in [9.17, 15) is 9.90 Å². The number of carbonyl (C=O) groups is 1. The molecule has 0 spiro atoms. The van der Waals surface area contributed by atoms with E-state index in [-0.39, 0.29) is 17.8 Å². The van der Waals surface area contributed by atoms with Crippen LogP contribution in [-0.4, -0.2) is 45.8 Å². The first-order valence-electron chi connectivity index (χ1n) is 6.15. The van der Waals surface area contributed by atoms with Crippen LogP contribution in [0.1, 0.15) is 24.3 Å². The van der Waals surface area contributed by atoms with Gasteiger partial charge in [0.1, 0.15) is 0 Å². The summed E-state index contributed by atoms with van der Waals surface area (Å²) in [5.74, 6) is -0.408. The molecule has 19 heavy (non-hydrogen) atoms. The SMILES string of the molecule is CC1CN(c2nc3sccn3c2C(=O)O)C(C)CO1. The summed E-state index contributed by atoms with van der Waals surface area (Å²) in [6.45, 7) is 5.25. The van der Waals surface area contributed by atoms with Crippen LogP contribution in [0, 0.1) is 0 Å². The van der Waals surface area contributed by atoms with Crippen LogP contribution in [0.15, 0.2) is 11.6 Å². The summed E-state index contributed by atoms with van der Waals surface area (Å²) in [6.07, 6.45) is 1.83. The van der Waals surface area contributed by atoms with Crippen LogP contribution in [0.5, 0.6) is 0 Å².